The molecule has 0 aliphatic rings. The summed E-state index contributed by atoms with van der Waals surface area (Å²) in [4.78, 5) is 12.4. The molecule has 0 spiro atoms. The van der Waals surface area contributed by atoms with E-state index < -0.39 is 5.92 Å². The maximum Gasteiger partial charge on any atom is 0.234 e. The van der Waals surface area contributed by atoms with Gasteiger partial charge in [0.15, 0.2) is 0 Å². The normalized spacial score (nSPS) is 12.3. The molecule has 0 fully saturated rings. The molecule has 1 atom stereocenters. The number of anilines is 1. The van der Waals surface area contributed by atoms with Crippen LogP contribution in [0.5, 0.6) is 0 Å². The molecular weight excluding hydrogens is 312 g/mol. The predicted molar refractivity (Wildman–Crippen MR) is 82.6 cm³/mol. The minimum atomic E-state index is -0.451. The molecule has 0 bridgehead atoms. The Hall–Kier alpha value is -0.940. The van der Waals surface area contributed by atoms with Crippen molar-refractivity contribution in [2.24, 2.45) is 17.6 Å². The average molecular weight is 329 g/mol. The van der Waals surface area contributed by atoms with Crippen LogP contribution in [0, 0.1) is 18.8 Å². The molecule has 0 heterocycles. The number of carbonyl (C=O) groups excluding carboxylic acids is 1. The van der Waals surface area contributed by atoms with Crippen molar-refractivity contribution in [1.29, 1.82) is 0 Å². The molecule has 98 valence electrons. The number of rotatable bonds is 4. The Labute approximate surface area is 121 Å². The van der Waals surface area contributed by atoms with Crippen LogP contribution in [0.3, 0.4) is 0 Å². The second-order valence-electron chi connectivity index (χ2n) is 4.55. The second-order valence-corrected chi connectivity index (χ2v) is 5.81. The maximum atomic E-state index is 12.2. The Bertz CT molecular complexity index is 474. The second kappa shape index (κ2) is 6.29. The van der Waals surface area contributed by atoms with Crippen molar-refractivity contribution >= 4 is 44.7 Å². The molecule has 0 aliphatic heterocycles. The van der Waals surface area contributed by atoms with Gasteiger partial charge in [0.1, 0.15) is 0 Å². The number of nitrogens with one attached hydrogen (secondary N) is 1. The molecule has 1 amide bonds. The van der Waals surface area contributed by atoms with Gasteiger partial charge in [-0.25, -0.2) is 0 Å². The van der Waals surface area contributed by atoms with Crippen molar-refractivity contribution in [3.05, 3.63) is 28.2 Å². The monoisotopic (exact) mass is 328 g/mol. The van der Waals surface area contributed by atoms with Gasteiger partial charge in [-0.05, 0) is 40.4 Å². The third-order valence-electron chi connectivity index (χ3n) is 2.71. The highest BCUT2D eigenvalue weighted by Gasteiger charge is 2.25. The standard InChI is InChI=1S/C13H17BrN2OS/c1-7(2)10(12(15)18)13(17)16-9-6-4-5-8(3)11(9)14/h4-7,10H,1-3H3,(H2,15,18)(H,16,17). The number of hydrogen-bond donors (Lipinski definition) is 2. The molecule has 1 unspecified atom stereocenters. The summed E-state index contributed by atoms with van der Waals surface area (Å²) < 4.78 is 0.879. The Balaban J connectivity index is 2.93. The predicted octanol–water partition coefficient (Wildman–Crippen LogP) is 3.25. The molecule has 0 aliphatic carbocycles. The van der Waals surface area contributed by atoms with E-state index in [9.17, 15) is 4.79 Å². The van der Waals surface area contributed by atoms with E-state index in [2.05, 4.69) is 21.2 Å². The first-order chi connectivity index (χ1) is 8.34. The highest BCUT2D eigenvalue weighted by atomic mass is 79.9. The first-order valence-corrected chi connectivity index (χ1v) is 6.90. The van der Waals surface area contributed by atoms with Crippen LogP contribution >= 0.6 is 28.1 Å². The quantitative estimate of drug-likeness (QED) is 0.834. The van der Waals surface area contributed by atoms with Crippen LogP contribution in [0.25, 0.3) is 0 Å². The van der Waals surface area contributed by atoms with Gasteiger partial charge in [-0.1, -0.05) is 38.2 Å². The van der Waals surface area contributed by atoms with E-state index in [1.807, 2.05) is 39.0 Å². The van der Waals surface area contributed by atoms with Crippen molar-refractivity contribution in [2.75, 3.05) is 5.32 Å². The highest BCUT2D eigenvalue weighted by Crippen LogP contribution is 2.26. The number of hydrogen-bond acceptors (Lipinski definition) is 2. The van der Waals surface area contributed by atoms with Gasteiger partial charge >= 0.3 is 0 Å². The molecular formula is C13H17BrN2OS. The summed E-state index contributed by atoms with van der Waals surface area (Å²) in [6.45, 7) is 5.82. The van der Waals surface area contributed by atoms with Gasteiger partial charge in [0.2, 0.25) is 5.91 Å². The molecule has 0 aromatic heterocycles. The zero-order valence-corrected chi connectivity index (χ0v) is 13.1. The van der Waals surface area contributed by atoms with Crippen LogP contribution in [0.15, 0.2) is 22.7 Å². The topological polar surface area (TPSA) is 55.1 Å². The van der Waals surface area contributed by atoms with Crippen LogP contribution < -0.4 is 11.1 Å². The third-order valence-corrected chi connectivity index (χ3v) is 4.01. The van der Waals surface area contributed by atoms with Crippen LogP contribution in [-0.4, -0.2) is 10.9 Å². The summed E-state index contributed by atoms with van der Waals surface area (Å²) in [6.07, 6.45) is 0. The van der Waals surface area contributed by atoms with Crippen LogP contribution in [0.4, 0.5) is 5.69 Å². The minimum Gasteiger partial charge on any atom is -0.393 e. The fourth-order valence-electron chi connectivity index (χ4n) is 1.71. The van der Waals surface area contributed by atoms with Crippen molar-refractivity contribution in [3.8, 4) is 0 Å². The van der Waals surface area contributed by atoms with Gasteiger partial charge in [-0.3, -0.25) is 4.79 Å². The Morgan fingerprint density at radius 2 is 2.06 bits per heavy atom. The lowest BCUT2D eigenvalue weighted by Crippen LogP contribution is -2.36. The molecule has 1 rings (SSSR count). The van der Waals surface area contributed by atoms with E-state index in [4.69, 9.17) is 18.0 Å². The van der Waals surface area contributed by atoms with Gasteiger partial charge in [0.05, 0.1) is 16.6 Å². The number of nitrogens with two attached hydrogens (primary N) is 1. The molecule has 1 aromatic rings. The first-order valence-electron chi connectivity index (χ1n) is 5.70. The molecule has 0 saturated carbocycles. The van der Waals surface area contributed by atoms with E-state index in [0.29, 0.717) is 0 Å². The van der Waals surface area contributed by atoms with Crippen molar-refractivity contribution in [2.45, 2.75) is 20.8 Å². The third kappa shape index (κ3) is 3.53. The van der Waals surface area contributed by atoms with Gasteiger partial charge in [-0.15, -0.1) is 0 Å². The molecule has 3 nitrogen and oxygen atoms in total. The summed E-state index contributed by atoms with van der Waals surface area (Å²) >= 11 is 8.40. The van der Waals surface area contributed by atoms with Crippen molar-refractivity contribution in [3.63, 3.8) is 0 Å². The summed E-state index contributed by atoms with van der Waals surface area (Å²) in [5.41, 5.74) is 7.42. The average Bonchev–Trinajstić information content (AvgIpc) is 2.23. The summed E-state index contributed by atoms with van der Waals surface area (Å²) in [6, 6.07) is 5.69. The maximum absolute atomic E-state index is 12.2. The van der Waals surface area contributed by atoms with Crippen LogP contribution in [-0.2, 0) is 4.79 Å². The van der Waals surface area contributed by atoms with E-state index in [1.165, 1.54) is 0 Å². The lowest BCUT2D eigenvalue weighted by Gasteiger charge is -2.19. The zero-order chi connectivity index (χ0) is 13.9. The lowest BCUT2D eigenvalue weighted by molar-refractivity contribution is -0.118. The Morgan fingerprint density at radius 1 is 1.44 bits per heavy atom. The molecule has 18 heavy (non-hydrogen) atoms. The number of benzene rings is 1. The fourth-order valence-corrected chi connectivity index (χ4v) is 2.46. The number of aryl methyl sites for hydroxylation is 1. The molecule has 5 heteroatoms. The van der Waals surface area contributed by atoms with Crippen molar-refractivity contribution in [1.82, 2.24) is 0 Å². The molecule has 1 aromatic carbocycles. The summed E-state index contributed by atoms with van der Waals surface area (Å²) in [5.74, 6) is -0.540. The number of carbonyl (C=O) groups is 1. The first kappa shape index (κ1) is 15.1. The largest absolute Gasteiger partial charge is 0.393 e. The van der Waals surface area contributed by atoms with Gasteiger partial charge < -0.3 is 11.1 Å². The zero-order valence-electron chi connectivity index (χ0n) is 10.7. The molecule has 0 saturated heterocycles. The highest BCUT2D eigenvalue weighted by molar-refractivity contribution is 9.10. The van der Waals surface area contributed by atoms with E-state index in [0.717, 1.165) is 15.7 Å². The van der Waals surface area contributed by atoms with Gasteiger partial charge in [0, 0.05) is 4.47 Å². The Kier molecular flexibility index (Phi) is 5.28. The molecule has 0 radical (unpaired) electrons. The minimum absolute atomic E-state index is 0.0751. The SMILES string of the molecule is Cc1cccc(NC(=O)C(C(N)=S)C(C)C)c1Br. The van der Waals surface area contributed by atoms with Crippen molar-refractivity contribution < 1.29 is 4.79 Å². The number of halogens is 1. The summed E-state index contributed by atoms with van der Waals surface area (Å²) in [5, 5.41) is 2.86. The number of amides is 1. The van der Waals surface area contributed by atoms with E-state index >= 15 is 0 Å². The fraction of sp³-hybridized carbons (Fsp3) is 0.385. The molecule has 3 N–H and O–H groups in total. The summed E-state index contributed by atoms with van der Waals surface area (Å²) in [7, 11) is 0. The van der Waals surface area contributed by atoms with Crippen LogP contribution in [0.2, 0.25) is 0 Å². The van der Waals surface area contributed by atoms with E-state index in [1.54, 1.807) is 0 Å². The van der Waals surface area contributed by atoms with Gasteiger partial charge in [-0.2, -0.15) is 0 Å². The van der Waals surface area contributed by atoms with Gasteiger partial charge in [0.25, 0.3) is 0 Å². The van der Waals surface area contributed by atoms with E-state index in [-0.39, 0.29) is 16.8 Å². The smallest absolute Gasteiger partial charge is 0.234 e. The van der Waals surface area contributed by atoms with Crippen LogP contribution in [0.1, 0.15) is 19.4 Å². The lowest BCUT2D eigenvalue weighted by atomic mass is 9.95. The number of thiocarbonyl (C=S) groups is 1. The Morgan fingerprint density at radius 3 is 2.56 bits per heavy atom.